The van der Waals surface area contributed by atoms with E-state index in [1.807, 2.05) is 18.2 Å². The van der Waals surface area contributed by atoms with Gasteiger partial charge in [-0.15, -0.1) is 0 Å². The molecule has 0 bridgehead atoms. The highest BCUT2D eigenvalue weighted by atomic mass is 35.5. The minimum Gasteiger partial charge on any atom is -0.369 e. The maximum absolute atomic E-state index is 12.7. The molecule has 2 aromatic carbocycles. The predicted octanol–water partition coefficient (Wildman–Crippen LogP) is 4.88. The molecule has 0 aromatic heterocycles. The molecule has 1 fully saturated rings. The second-order valence-electron chi connectivity index (χ2n) is 7.07. The molecule has 1 aliphatic rings. The average Bonchev–Trinajstić information content (AvgIpc) is 2.70. The Labute approximate surface area is 177 Å². The molecule has 0 radical (unpaired) electrons. The van der Waals surface area contributed by atoms with Gasteiger partial charge in [0.15, 0.2) is 0 Å². The number of nitrogens with one attached hydrogen (secondary N) is 1. The van der Waals surface area contributed by atoms with Crippen LogP contribution < -0.4 is 10.2 Å². The van der Waals surface area contributed by atoms with Crippen molar-refractivity contribution in [3.05, 3.63) is 57.6 Å². The van der Waals surface area contributed by atoms with Crippen molar-refractivity contribution in [2.45, 2.75) is 26.7 Å². The number of hydrogen-bond donors (Lipinski definition) is 1. The Morgan fingerprint density at radius 2 is 1.61 bits per heavy atom. The molecule has 3 rings (SSSR count). The SMILES string of the molecule is CCc1cccc(CC)c1NC(=O)CN1CCN(c2ccc(Cl)c(Cl)c2)CC1. The van der Waals surface area contributed by atoms with Crippen LogP contribution in [0.5, 0.6) is 0 Å². The highest BCUT2D eigenvalue weighted by molar-refractivity contribution is 6.42. The van der Waals surface area contributed by atoms with Crippen LogP contribution >= 0.6 is 23.2 Å². The van der Waals surface area contributed by atoms with E-state index >= 15 is 0 Å². The number of nitrogens with zero attached hydrogens (tertiary/aromatic N) is 2. The lowest BCUT2D eigenvalue weighted by Crippen LogP contribution is -2.48. The van der Waals surface area contributed by atoms with E-state index in [-0.39, 0.29) is 5.91 Å². The smallest absolute Gasteiger partial charge is 0.238 e. The van der Waals surface area contributed by atoms with Gasteiger partial charge >= 0.3 is 0 Å². The first-order chi connectivity index (χ1) is 13.5. The van der Waals surface area contributed by atoms with Crippen LogP contribution in [0, 0.1) is 0 Å². The molecule has 6 heteroatoms. The molecule has 0 atom stereocenters. The van der Waals surface area contributed by atoms with Crippen LogP contribution in [0.4, 0.5) is 11.4 Å². The minimum absolute atomic E-state index is 0.0542. The topological polar surface area (TPSA) is 35.6 Å². The summed E-state index contributed by atoms with van der Waals surface area (Å²) in [5.41, 5.74) is 4.45. The number of aryl methyl sites for hydroxylation is 2. The molecule has 0 spiro atoms. The molecule has 0 unspecified atom stereocenters. The number of rotatable bonds is 6. The van der Waals surface area contributed by atoms with E-state index < -0.39 is 0 Å². The fraction of sp³-hybridized carbons (Fsp3) is 0.409. The molecule has 0 saturated carbocycles. The van der Waals surface area contributed by atoms with Gasteiger partial charge in [-0.3, -0.25) is 9.69 Å². The van der Waals surface area contributed by atoms with E-state index in [1.165, 1.54) is 11.1 Å². The van der Waals surface area contributed by atoms with Crippen LogP contribution in [0.15, 0.2) is 36.4 Å². The Kier molecular flexibility index (Phi) is 7.22. The van der Waals surface area contributed by atoms with E-state index in [4.69, 9.17) is 23.2 Å². The molecule has 1 saturated heterocycles. The maximum Gasteiger partial charge on any atom is 0.238 e. The van der Waals surface area contributed by atoms with Crippen molar-refractivity contribution in [3.63, 3.8) is 0 Å². The first-order valence-electron chi connectivity index (χ1n) is 9.84. The Morgan fingerprint density at radius 1 is 0.964 bits per heavy atom. The van der Waals surface area contributed by atoms with Gasteiger partial charge < -0.3 is 10.2 Å². The van der Waals surface area contributed by atoms with Crippen LogP contribution in [0.3, 0.4) is 0 Å². The van der Waals surface area contributed by atoms with Crippen molar-refractivity contribution in [3.8, 4) is 0 Å². The Bertz CT molecular complexity index is 810. The molecule has 1 N–H and O–H groups in total. The largest absolute Gasteiger partial charge is 0.369 e. The van der Waals surface area contributed by atoms with Gasteiger partial charge in [0.2, 0.25) is 5.91 Å². The van der Waals surface area contributed by atoms with Gasteiger partial charge in [-0.05, 0) is 42.2 Å². The van der Waals surface area contributed by atoms with Crippen molar-refractivity contribution in [2.24, 2.45) is 0 Å². The third-order valence-electron chi connectivity index (χ3n) is 5.27. The Hall–Kier alpha value is -1.75. The van der Waals surface area contributed by atoms with E-state index in [0.29, 0.717) is 16.6 Å². The molecule has 4 nitrogen and oxygen atoms in total. The number of anilines is 2. The number of hydrogen-bond acceptors (Lipinski definition) is 3. The third kappa shape index (κ3) is 4.99. The molecule has 28 heavy (non-hydrogen) atoms. The van der Waals surface area contributed by atoms with E-state index in [1.54, 1.807) is 0 Å². The second-order valence-corrected chi connectivity index (χ2v) is 7.88. The zero-order valence-electron chi connectivity index (χ0n) is 16.5. The van der Waals surface area contributed by atoms with Gasteiger partial charge in [-0.2, -0.15) is 0 Å². The summed E-state index contributed by atoms with van der Waals surface area (Å²) in [6.07, 6.45) is 1.82. The quantitative estimate of drug-likeness (QED) is 0.724. The lowest BCUT2D eigenvalue weighted by atomic mass is 10.0. The predicted molar refractivity (Wildman–Crippen MR) is 119 cm³/mol. The van der Waals surface area contributed by atoms with Crippen LogP contribution in [-0.4, -0.2) is 43.5 Å². The van der Waals surface area contributed by atoms with Gasteiger partial charge in [0.25, 0.3) is 0 Å². The van der Waals surface area contributed by atoms with Gasteiger partial charge in [0, 0.05) is 37.6 Å². The average molecular weight is 420 g/mol. The monoisotopic (exact) mass is 419 g/mol. The number of carbonyl (C=O) groups is 1. The number of halogens is 2. The third-order valence-corrected chi connectivity index (χ3v) is 6.01. The van der Waals surface area contributed by atoms with Crippen LogP contribution in [0.25, 0.3) is 0 Å². The summed E-state index contributed by atoms with van der Waals surface area (Å²) >= 11 is 12.1. The Morgan fingerprint density at radius 3 is 2.18 bits per heavy atom. The molecule has 1 aliphatic heterocycles. The maximum atomic E-state index is 12.7. The fourth-order valence-electron chi connectivity index (χ4n) is 3.63. The van der Waals surface area contributed by atoms with E-state index in [0.717, 1.165) is 50.4 Å². The van der Waals surface area contributed by atoms with Gasteiger partial charge in [-0.25, -0.2) is 0 Å². The molecular formula is C22H27Cl2N3O. The van der Waals surface area contributed by atoms with Crippen molar-refractivity contribution < 1.29 is 4.79 Å². The highest BCUT2D eigenvalue weighted by Gasteiger charge is 2.20. The van der Waals surface area contributed by atoms with Gasteiger partial charge in [0.1, 0.15) is 0 Å². The van der Waals surface area contributed by atoms with E-state index in [9.17, 15) is 4.79 Å². The van der Waals surface area contributed by atoms with Crippen LogP contribution in [0.1, 0.15) is 25.0 Å². The Balaban J connectivity index is 1.56. The van der Waals surface area contributed by atoms with Crippen LogP contribution in [-0.2, 0) is 17.6 Å². The van der Waals surface area contributed by atoms with Gasteiger partial charge in [-0.1, -0.05) is 55.2 Å². The number of carbonyl (C=O) groups excluding carboxylic acids is 1. The summed E-state index contributed by atoms with van der Waals surface area (Å²) in [5, 5.41) is 4.30. The van der Waals surface area contributed by atoms with E-state index in [2.05, 4.69) is 47.2 Å². The first-order valence-corrected chi connectivity index (χ1v) is 10.6. The molecule has 2 aromatic rings. The summed E-state index contributed by atoms with van der Waals surface area (Å²) in [6.45, 7) is 8.04. The lowest BCUT2D eigenvalue weighted by Gasteiger charge is -2.35. The van der Waals surface area contributed by atoms with Gasteiger partial charge in [0.05, 0.1) is 16.6 Å². The standard InChI is InChI=1S/C22H27Cl2N3O/c1-3-16-6-5-7-17(4-2)22(16)25-21(28)15-26-10-12-27(13-11-26)18-8-9-19(23)20(24)14-18/h5-9,14H,3-4,10-13,15H2,1-2H3,(H,25,28). The highest BCUT2D eigenvalue weighted by Crippen LogP contribution is 2.28. The zero-order valence-corrected chi connectivity index (χ0v) is 18.0. The molecule has 1 heterocycles. The number of amides is 1. The normalized spacial score (nSPS) is 14.9. The summed E-state index contributed by atoms with van der Waals surface area (Å²) < 4.78 is 0. The minimum atomic E-state index is 0.0542. The number of para-hydroxylation sites is 1. The fourth-order valence-corrected chi connectivity index (χ4v) is 3.92. The molecular weight excluding hydrogens is 393 g/mol. The summed E-state index contributed by atoms with van der Waals surface area (Å²) in [4.78, 5) is 17.1. The summed E-state index contributed by atoms with van der Waals surface area (Å²) in [6, 6.07) is 12.0. The second kappa shape index (κ2) is 9.64. The summed E-state index contributed by atoms with van der Waals surface area (Å²) in [5.74, 6) is 0.0542. The van der Waals surface area contributed by atoms with Crippen molar-refractivity contribution in [1.29, 1.82) is 0 Å². The first kappa shape index (κ1) is 21.0. The molecule has 150 valence electrons. The van der Waals surface area contributed by atoms with Crippen LogP contribution in [0.2, 0.25) is 10.0 Å². The number of benzene rings is 2. The van der Waals surface area contributed by atoms with Crippen molar-refractivity contribution in [1.82, 2.24) is 4.90 Å². The molecule has 0 aliphatic carbocycles. The van der Waals surface area contributed by atoms with Crippen molar-refractivity contribution in [2.75, 3.05) is 42.9 Å². The number of piperazine rings is 1. The zero-order chi connectivity index (χ0) is 20.1. The van der Waals surface area contributed by atoms with Crippen molar-refractivity contribution >= 4 is 40.5 Å². The summed E-state index contributed by atoms with van der Waals surface area (Å²) in [7, 11) is 0. The molecule has 1 amide bonds. The lowest BCUT2D eigenvalue weighted by molar-refractivity contribution is -0.117.